The molecule has 0 aromatic heterocycles. The quantitative estimate of drug-likeness (QED) is 0.199. The van der Waals surface area contributed by atoms with E-state index in [1.807, 2.05) is 77.9 Å². The maximum Gasteiger partial charge on any atom is 0.410 e. The Morgan fingerprint density at radius 3 is 2.22 bits per heavy atom. The number of carbonyl (C=O) groups is 3. The van der Waals surface area contributed by atoms with Crippen LogP contribution in [0.5, 0.6) is 5.75 Å². The zero-order valence-electron chi connectivity index (χ0n) is 32.1. The molecule has 54 heavy (non-hydrogen) atoms. The summed E-state index contributed by atoms with van der Waals surface area (Å²) in [5.74, 6) is -2.03. The lowest BCUT2D eigenvalue weighted by molar-refractivity contribution is 0.00940. The normalized spacial score (nSPS) is 19.4. The molecule has 3 N–H and O–H groups in total. The van der Waals surface area contributed by atoms with Gasteiger partial charge in [0.2, 0.25) is 5.91 Å². The van der Waals surface area contributed by atoms with Crippen LogP contribution in [0.1, 0.15) is 107 Å². The molecular weight excluding hydrogens is 713 g/mol. The van der Waals surface area contributed by atoms with Crippen LogP contribution in [-0.2, 0) is 14.2 Å². The number of rotatable bonds is 11. The minimum absolute atomic E-state index is 0.0422. The van der Waals surface area contributed by atoms with Crippen LogP contribution in [0.2, 0.25) is 5.02 Å². The van der Waals surface area contributed by atoms with Crippen molar-refractivity contribution < 1.29 is 37.7 Å². The first kappa shape index (κ1) is 40.8. The van der Waals surface area contributed by atoms with Gasteiger partial charge < -0.3 is 34.9 Å². The van der Waals surface area contributed by atoms with Gasteiger partial charge >= 0.3 is 12.2 Å². The number of hydrogen-bond acceptors (Lipinski definition) is 7. The molecule has 0 bridgehead atoms. The van der Waals surface area contributed by atoms with Crippen LogP contribution < -0.4 is 15.8 Å². The van der Waals surface area contributed by atoms with Crippen molar-refractivity contribution in [2.24, 2.45) is 5.73 Å². The van der Waals surface area contributed by atoms with Gasteiger partial charge in [-0.25, -0.2) is 14.0 Å². The van der Waals surface area contributed by atoms with E-state index in [9.17, 15) is 14.4 Å². The van der Waals surface area contributed by atoms with E-state index in [0.717, 1.165) is 24.0 Å². The molecule has 1 aliphatic heterocycles. The third kappa shape index (κ3) is 10.9. The summed E-state index contributed by atoms with van der Waals surface area (Å²) >= 11 is 6.80. The van der Waals surface area contributed by atoms with Crippen molar-refractivity contribution in [3.8, 4) is 16.9 Å². The van der Waals surface area contributed by atoms with E-state index >= 15 is 4.39 Å². The van der Waals surface area contributed by atoms with Gasteiger partial charge in [0.05, 0.1) is 11.7 Å². The fourth-order valence-corrected chi connectivity index (χ4v) is 7.24. The summed E-state index contributed by atoms with van der Waals surface area (Å²) in [4.78, 5) is 41.0. The zero-order valence-corrected chi connectivity index (χ0v) is 32.8. The summed E-state index contributed by atoms with van der Waals surface area (Å²) in [6.45, 7) is 12.0. The van der Waals surface area contributed by atoms with Crippen molar-refractivity contribution in [2.75, 3.05) is 19.8 Å². The second-order valence-corrected chi connectivity index (χ2v) is 16.5. The second kappa shape index (κ2) is 17.4. The van der Waals surface area contributed by atoms with E-state index in [1.165, 1.54) is 12.1 Å². The van der Waals surface area contributed by atoms with Gasteiger partial charge in [-0.15, -0.1) is 0 Å². The number of amides is 3. The van der Waals surface area contributed by atoms with Gasteiger partial charge in [-0.05, 0) is 115 Å². The number of primary amides is 1. The number of benzene rings is 3. The Kier molecular flexibility index (Phi) is 13.2. The minimum atomic E-state index is -0.816. The Hall–Kier alpha value is -4.35. The van der Waals surface area contributed by atoms with Crippen molar-refractivity contribution in [3.05, 3.63) is 88.2 Å². The zero-order chi connectivity index (χ0) is 39.2. The lowest BCUT2D eigenvalue weighted by Crippen LogP contribution is -2.49. The molecule has 3 amide bonds. The molecule has 1 unspecified atom stereocenters. The van der Waals surface area contributed by atoms with Crippen LogP contribution in [0, 0.1) is 5.82 Å². The summed E-state index contributed by atoms with van der Waals surface area (Å²) in [6, 6.07) is 17.5. The van der Waals surface area contributed by atoms with Crippen LogP contribution in [0.15, 0.2) is 60.7 Å². The Labute approximate surface area is 322 Å². The second-order valence-electron chi connectivity index (χ2n) is 16.1. The number of alkyl carbamates (subject to hydrolysis) is 1. The Balaban J connectivity index is 1.50. The van der Waals surface area contributed by atoms with Crippen molar-refractivity contribution in [2.45, 2.75) is 115 Å². The van der Waals surface area contributed by atoms with E-state index in [1.54, 1.807) is 17.0 Å². The summed E-state index contributed by atoms with van der Waals surface area (Å²) in [6.07, 6.45) is 3.19. The lowest BCUT2D eigenvalue weighted by Gasteiger charge is -2.39. The maximum absolute atomic E-state index is 16.5. The van der Waals surface area contributed by atoms with Crippen molar-refractivity contribution >= 4 is 29.7 Å². The van der Waals surface area contributed by atoms with Gasteiger partial charge in [0.1, 0.15) is 17.8 Å². The number of ether oxygens (including phenoxy) is 4. The number of hydrogen-bond donors (Lipinski definition) is 2. The number of nitrogens with zero attached hydrogens (tertiary/aromatic N) is 1. The SMILES string of the molecule is CC(C)(C)OC(=O)NC1CCC(N(CC(c2ccccc2)c2ccc(Cl)c(-c3c(C(N)=O)ccc(OC[C@H]4CCCO4)c3F)c2)C(=O)OC(C)(C)C)CC1. The van der Waals surface area contributed by atoms with Gasteiger partial charge in [0.15, 0.2) is 11.6 Å². The number of carbonyl (C=O) groups excluding carboxylic acids is 3. The molecular formula is C42H53ClFN3O7. The van der Waals surface area contributed by atoms with Crippen LogP contribution in [-0.4, -0.2) is 72.1 Å². The molecule has 1 saturated carbocycles. The predicted octanol–water partition coefficient (Wildman–Crippen LogP) is 9.01. The molecule has 0 spiro atoms. The molecule has 12 heteroatoms. The molecule has 2 atom stereocenters. The van der Waals surface area contributed by atoms with E-state index in [-0.39, 0.29) is 58.8 Å². The fraction of sp³-hybridized carbons (Fsp3) is 0.500. The number of halogens is 2. The smallest absolute Gasteiger partial charge is 0.410 e. The van der Waals surface area contributed by atoms with Gasteiger partial charge in [0.25, 0.3) is 0 Å². The Morgan fingerprint density at radius 2 is 1.61 bits per heavy atom. The molecule has 2 aliphatic rings. The van der Waals surface area contributed by atoms with Gasteiger partial charge in [-0.2, -0.15) is 0 Å². The van der Waals surface area contributed by atoms with Crippen LogP contribution in [0.4, 0.5) is 14.0 Å². The summed E-state index contributed by atoms with van der Waals surface area (Å²) in [5.41, 5.74) is 6.21. The topological polar surface area (TPSA) is 129 Å². The first-order valence-electron chi connectivity index (χ1n) is 18.7. The fourth-order valence-electron chi connectivity index (χ4n) is 7.03. The largest absolute Gasteiger partial charge is 0.488 e. The van der Waals surface area contributed by atoms with Gasteiger partial charge in [-0.1, -0.05) is 48.0 Å². The van der Waals surface area contributed by atoms with Crippen LogP contribution >= 0.6 is 11.6 Å². The highest BCUT2D eigenvalue weighted by atomic mass is 35.5. The van der Waals surface area contributed by atoms with Crippen LogP contribution in [0.25, 0.3) is 11.1 Å². The molecule has 10 nitrogen and oxygen atoms in total. The average Bonchev–Trinajstić information content (AvgIpc) is 3.62. The minimum Gasteiger partial charge on any atom is -0.488 e. The molecule has 1 heterocycles. The first-order valence-corrected chi connectivity index (χ1v) is 19.1. The summed E-state index contributed by atoms with van der Waals surface area (Å²) in [7, 11) is 0. The molecule has 1 saturated heterocycles. The molecule has 3 aromatic rings. The predicted molar refractivity (Wildman–Crippen MR) is 206 cm³/mol. The Bertz CT molecular complexity index is 1780. The first-order chi connectivity index (χ1) is 25.5. The molecule has 5 rings (SSSR count). The van der Waals surface area contributed by atoms with Gasteiger partial charge in [0, 0.05) is 47.3 Å². The third-order valence-electron chi connectivity index (χ3n) is 9.55. The summed E-state index contributed by atoms with van der Waals surface area (Å²) < 4.78 is 39.4. The third-order valence-corrected chi connectivity index (χ3v) is 9.88. The standard InChI is InChI=1S/C42H53ClFN3O7/c1-41(2,3)53-39(49)46-28-15-17-29(18-16-28)47(40(50)54-42(4,5)6)24-33(26-11-8-7-9-12-26)27-14-20-34(43)32(23-27)36-31(38(45)48)19-21-35(37(36)44)52-25-30-13-10-22-51-30/h7-9,11-12,14,19-21,23,28-30,33H,10,13,15-18,22,24-25H2,1-6H3,(H2,45,48)(H,46,49)/t28?,29?,30-,33?/m1/s1. The molecule has 0 radical (unpaired) electrons. The number of nitrogens with two attached hydrogens (primary N) is 1. The van der Waals surface area contributed by atoms with E-state index in [2.05, 4.69) is 5.32 Å². The lowest BCUT2D eigenvalue weighted by atomic mass is 9.86. The van der Waals surface area contributed by atoms with Gasteiger partial charge in [-0.3, -0.25) is 4.79 Å². The monoisotopic (exact) mass is 765 g/mol. The highest BCUT2D eigenvalue weighted by molar-refractivity contribution is 6.33. The molecule has 1 aliphatic carbocycles. The molecule has 3 aromatic carbocycles. The van der Waals surface area contributed by atoms with Crippen molar-refractivity contribution in [1.29, 1.82) is 0 Å². The van der Waals surface area contributed by atoms with E-state index in [4.69, 9.17) is 36.3 Å². The highest BCUT2D eigenvalue weighted by Gasteiger charge is 2.35. The average molecular weight is 766 g/mol. The number of nitrogens with one attached hydrogen (secondary N) is 1. The summed E-state index contributed by atoms with van der Waals surface area (Å²) in [5, 5.41) is 3.19. The maximum atomic E-state index is 16.5. The highest BCUT2D eigenvalue weighted by Crippen LogP contribution is 2.40. The molecule has 2 fully saturated rings. The Morgan fingerprint density at radius 1 is 0.926 bits per heavy atom. The molecule has 292 valence electrons. The van der Waals surface area contributed by atoms with Crippen molar-refractivity contribution in [3.63, 3.8) is 0 Å². The van der Waals surface area contributed by atoms with E-state index in [0.29, 0.717) is 32.3 Å². The van der Waals surface area contributed by atoms with Crippen LogP contribution in [0.3, 0.4) is 0 Å². The van der Waals surface area contributed by atoms with E-state index < -0.39 is 41.0 Å². The van der Waals surface area contributed by atoms with Crippen molar-refractivity contribution in [1.82, 2.24) is 10.2 Å².